The van der Waals surface area contributed by atoms with E-state index in [2.05, 4.69) is 6.92 Å². The molecule has 2 amide bonds. The lowest BCUT2D eigenvalue weighted by Gasteiger charge is -2.33. The summed E-state index contributed by atoms with van der Waals surface area (Å²) < 4.78 is 0. The summed E-state index contributed by atoms with van der Waals surface area (Å²) in [7, 11) is 0. The minimum Gasteiger partial charge on any atom is -0.480 e. The molecule has 116 valence electrons. The smallest absolute Gasteiger partial charge is 0.326 e. The third kappa shape index (κ3) is 4.10. The van der Waals surface area contributed by atoms with E-state index >= 15 is 0 Å². The van der Waals surface area contributed by atoms with Crippen molar-refractivity contribution in [2.45, 2.75) is 64.6 Å². The summed E-state index contributed by atoms with van der Waals surface area (Å²) in [5.41, 5.74) is 0. The van der Waals surface area contributed by atoms with Gasteiger partial charge in [0.05, 0.1) is 6.10 Å². The minimum atomic E-state index is -1.05. The highest BCUT2D eigenvalue weighted by Gasteiger charge is 2.40. The second kappa shape index (κ2) is 7.47. The summed E-state index contributed by atoms with van der Waals surface area (Å²) in [6.45, 7) is 6.67. The fraction of sp³-hybridized carbons (Fsp3) is 0.857. The van der Waals surface area contributed by atoms with Crippen LogP contribution in [-0.4, -0.2) is 63.3 Å². The zero-order chi connectivity index (χ0) is 15.3. The van der Waals surface area contributed by atoms with Crippen LogP contribution in [0, 0.1) is 0 Å². The van der Waals surface area contributed by atoms with Crippen molar-refractivity contribution in [1.82, 2.24) is 9.80 Å². The Morgan fingerprint density at radius 1 is 1.35 bits per heavy atom. The standard InChI is InChI=1S/C14H26N2O4/c1-4-5-6-7-15(10(2)3)14(20)16-9-11(17)8-12(16)13(18)19/h10-12,17H,4-9H2,1-3H3,(H,18,19)/t11-,12-/m0/s1. The lowest BCUT2D eigenvalue weighted by molar-refractivity contribution is -0.141. The normalized spacial score (nSPS) is 22.4. The molecule has 0 radical (unpaired) electrons. The molecule has 0 aromatic heterocycles. The first-order valence-electron chi connectivity index (χ1n) is 7.36. The fourth-order valence-corrected chi connectivity index (χ4v) is 2.53. The topological polar surface area (TPSA) is 81.1 Å². The zero-order valence-corrected chi connectivity index (χ0v) is 12.6. The first-order chi connectivity index (χ1) is 9.38. The number of carboxylic acid groups (broad SMARTS) is 1. The summed E-state index contributed by atoms with van der Waals surface area (Å²) in [5.74, 6) is -1.05. The molecule has 0 unspecified atom stereocenters. The quantitative estimate of drug-likeness (QED) is 0.726. The van der Waals surface area contributed by atoms with Crippen LogP contribution in [0.3, 0.4) is 0 Å². The molecule has 6 nitrogen and oxygen atoms in total. The number of β-amino-alcohol motifs (C(OH)–C–C–N with tert-alkyl or cyclic N) is 1. The van der Waals surface area contributed by atoms with E-state index in [4.69, 9.17) is 5.11 Å². The van der Waals surface area contributed by atoms with Crippen LogP contribution in [0.1, 0.15) is 46.5 Å². The largest absolute Gasteiger partial charge is 0.480 e. The number of likely N-dealkylation sites (tertiary alicyclic amines) is 1. The van der Waals surface area contributed by atoms with E-state index in [1.165, 1.54) is 4.90 Å². The number of aliphatic carboxylic acids is 1. The lowest BCUT2D eigenvalue weighted by atomic mass is 10.2. The maximum Gasteiger partial charge on any atom is 0.326 e. The Bertz CT molecular complexity index is 346. The molecule has 1 saturated heterocycles. The number of rotatable bonds is 6. The molecule has 1 aliphatic heterocycles. The number of urea groups is 1. The van der Waals surface area contributed by atoms with Gasteiger partial charge in [-0.1, -0.05) is 19.8 Å². The zero-order valence-electron chi connectivity index (χ0n) is 12.6. The molecule has 1 fully saturated rings. The minimum absolute atomic E-state index is 0.0199. The van der Waals surface area contributed by atoms with Gasteiger partial charge in [0, 0.05) is 25.6 Å². The summed E-state index contributed by atoms with van der Waals surface area (Å²) in [4.78, 5) is 26.7. The van der Waals surface area contributed by atoms with Crippen molar-refractivity contribution in [3.8, 4) is 0 Å². The summed E-state index contributed by atoms with van der Waals surface area (Å²) in [5, 5.41) is 18.8. The monoisotopic (exact) mass is 286 g/mol. The second-order valence-corrected chi connectivity index (χ2v) is 5.67. The van der Waals surface area contributed by atoms with Gasteiger partial charge in [-0.3, -0.25) is 0 Å². The lowest BCUT2D eigenvalue weighted by Crippen LogP contribution is -2.50. The molecule has 0 bridgehead atoms. The average Bonchev–Trinajstić information content (AvgIpc) is 2.76. The molecule has 0 aliphatic carbocycles. The van der Waals surface area contributed by atoms with Crippen molar-refractivity contribution in [3.05, 3.63) is 0 Å². The molecule has 0 spiro atoms. The van der Waals surface area contributed by atoms with Gasteiger partial charge >= 0.3 is 12.0 Å². The summed E-state index contributed by atoms with van der Waals surface area (Å²) >= 11 is 0. The highest BCUT2D eigenvalue weighted by atomic mass is 16.4. The van der Waals surface area contributed by atoms with Gasteiger partial charge in [-0.05, 0) is 20.3 Å². The van der Waals surface area contributed by atoms with E-state index in [1.54, 1.807) is 4.90 Å². The number of nitrogens with zero attached hydrogens (tertiary/aromatic N) is 2. The first kappa shape index (κ1) is 16.8. The van der Waals surface area contributed by atoms with Crippen LogP contribution in [0.2, 0.25) is 0 Å². The Kier molecular flexibility index (Phi) is 6.26. The SMILES string of the molecule is CCCCCN(C(=O)N1C[C@@H](O)C[C@H]1C(=O)O)C(C)C. The highest BCUT2D eigenvalue weighted by Crippen LogP contribution is 2.21. The van der Waals surface area contributed by atoms with E-state index in [-0.39, 0.29) is 25.0 Å². The Labute approximate surface area is 120 Å². The van der Waals surface area contributed by atoms with Crippen molar-refractivity contribution in [2.75, 3.05) is 13.1 Å². The van der Waals surface area contributed by atoms with Crippen LogP contribution in [0.5, 0.6) is 0 Å². The highest BCUT2D eigenvalue weighted by molar-refractivity contribution is 5.83. The van der Waals surface area contributed by atoms with Gasteiger partial charge < -0.3 is 20.0 Å². The van der Waals surface area contributed by atoms with E-state index in [0.29, 0.717) is 6.54 Å². The van der Waals surface area contributed by atoms with Crippen molar-refractivity contribution >= 4 is 12.0 Å². The second-order valence-electron chi connectivity index (χ2n) is 5.67. The Balaban J connectivity index is 2.74. The molecule has 0 aromatic carbocycles. The molecule has 6 heteroatoms. The molecule has 2 atom stereocenters. The molecule has 1 rings (SSSR count). The van der Waals surface area contributed by atoms with Crippen LogP contribution in [0.25, 0.3) is 0 Å². The molecule has 20 heavy (non-hydrogen) atoms. The van der Waals surface area contributed by atoms with Gasteiger partial charge in [0.1, 0.15) is 6.04 Å². The molecule has 2 N–H and O–H groups in total. The Morgan fingerprint density at radius 3 is 2.50 bits per heavy atom. The summed E-state index contributed by atoms with van der Waals surface area (Å²) in [6.07, 6.45) is 2.39. The number of hydrogen-bond donors (Lipinski definition) is 2. The van der Waals surface area contributed by atoms with Gasteiger partial charge in [-0.15, -0.1) is 0 Å². The van der Waals surface area contributed by atoms with Gasteiger partial charge in [-0.25, -0.2) is 9.59 Å². The number of carbonyl (C=O) groups is 2. The van der Waals surface area contributed by atoms with Crippen LogP contribution >= 0.6 is 0 Å². The van der Waals surface area contributed by atoms with Gasteiger partial charge in [-0.2, -0.15) is 0 Å². The molecule has 0 aromatic rings. The Morgan fingerprint density at radius 2 is 2.00 bits per heavy atom. The molecule has 0 saturated carbocycles. The maximum absolute atomic E-state index is 12.5. The number of carboxylic acids is 1. The van der Waals surface area contributed by atoms with E-state index in [0.717, 1.165) is 19.3 Å². The number of unbranched alkanes of at least 4 members (excludes halogenated alkanes) is 2. The molecule has 1 heterocycles. The Hall–Kier alpha value is -1.30. The number of aliphatic hydroxyl groups excluding tert-OH is 1. The fourth-order valence-electron chi connectivity index (χ4n) is 2.53. The number of aliphatic hydroxyl groups is 1. The molecule has 1 aliphatic rings. The first-order valence-corrected chi connectivity index (χ1v) is 7.36. The van der Waals surface area contributed by atoms with Crippen LogP contribution < -0.4 is 0 Å². The van der Waals surface area contributed by atoms with Crippen LogP contribution in [0.15, 0.2) is 0 Å². The average molecular weight is 286 g/mol. The third-order valence-electron chi connectivity index (χ3n) is 3.68. The molecular weight excluding hydrogens is 260 g/mol. The number of hydrogen-bond acceptors (Lipinski definition) is 3. The van der Waals surface area contributed by atoms with Crippen molar-refractivity contribution in [1.29, 1.82) is 0 Å². The van der Waals surface area contributed by atoms with E-state index < -0.39 is 18.1 Å². The summed E-state index contributed by atoms with van der Waals surface area (Å²) in [6, 6.07) is -1.17. The van der Waals surface area contributed by atoms with E-state index in [1.807, 2.05) is 13.8 Å². The number of amides is 2. The van der Waals surface area contributed by atoms with Gasteiger partial charge in [0.25, 0.3) is 0 Å². The maximum atomic E-state index is 12.5. The van der Waals surface area contributed by atoms with Gasteiger partial charge in [0.15, 0.2) is 0 Å². The number of carbonyl (C=O) groups excluding carboxylic acids is 1. The van der Waals surface area contributed by atoms with E-state index in [9.17, 15) is 14.7 Å². The van der Waals surface area contributed by atoms with Crippen molar-refractivity contribution < 1.29 is 19.8 Å². The van der Waals surface area contributed by atoms with Crippen molar-refractivity contribution in [2.24, 2.45) is 0 Å². The molecular formula is C14H26N2O4. The van der Waals surface area contributed by atoms with Crippen molar-refractivity contribution in [3.63, 3.8) is 0 Å². The van der Waals surface area contributed by atoms with Crippen LogP contribution in [-0.2, 0) is 4.79 Å². The predicted molar refractivity (Wildman–Crippen MR) is 75.5 cm³/mol. The predicted octanol–water partition coefficient (Wildman–Crippen LogP) is 1.53. The van der Waals surface area contributed by atoms with Gasteiger partial charge in [0.2, 0.25) is 0 Å². The van der Waals surface area contributed by atoms with Crippen LogP contribution in [0.4, 0.5) is 4.79 Å². The third-order valence-corrected chi connectivity index (χ3v) is 3.68.